The molecule has 1 atom stereocenters. The minimum Gasteiger partial charge on any atom is -0.469 e. The molecule has 0 aliphatic rings. The summed E-state index contributed by atoms with van der Waals surface area (Å²) in [5.41, 5.74) is 2.44. The lowest BCUT2D eigenvalue weighted by Crippen LogP contribution is -2.35. The number of rotatable bonds is 6. The lowest BCUT2D eigenvalue weighted by Gasteiger charge is -2.19. The number of hydrogen-bond acceptors (Lipinski definition) is 5. The van der Waals surface area contributed by atoms with Crippen LogP contribution in [0.1, 0.15) is 18.3 Å². The third kappa shape index (κ3) is 4.56. The molecule has 0 saturated heterocycles. The Bertz CT molecular complexity index is 525. The number of aromatic nitrogens is 2. The number of likely N-dealkylation sites (N-methyl/N-ethyl adjacent to an activating group) is 1. The first-order valence-electron chi connectivity index (χ1n) is 6.82. The number of esters is 1. The van der Waals surface area contributed by atoms with E-state index in [9.17, 15) is 9.59 Å². The van der Waals surface area contributed by atoms with Gasteiger partial charge in [-0.05, 0) is 20.9 Å². The summed E-state index contributed by atoms with van der Waals surface area (Å²) >= 11 is 0. The molecule has 7 nitrogen and oxygen atoms in total. The van der Waals surface area contributed by atoms with Gasteiger partial charge >= 0.3 is 5.97 Å². The van der Waals surface area contributed by atoms with Crippen LogP contribution < -0.4 is 5.32 Å². The number of anilines is 1. The van der Waals surface area contributed by atoms with E-state index in [0.29, 0.717) is 6.54 Å². The van der Waals surface area contributed by atoms with E-state index in [1.54, 1.807) is 23.6 Å². The Balaban J connectivity index is 2.55. The van der Waals surface area contributed by atoms with Gasteiger partial charge in [0.25, 0.3) is 0 Å². The topological polar surface area (TPSA) is 76.5 Å². The van der Waals surface area contributed by atoms with Crippen molar-refractivity contribution in [2.24, 2.45) is 13.0 Å². The number of methoxy groups -OCH3 is 1. The summed E-state index contributed by atoms with van der Waals surface area (Å²) in [6, 6.07) is 0. The van der Waals surface area contributed by atoms with Gasteiger partial charge < -0.3 is 10.1 Å². The first-order chi connectivity index (χ1) is 9.76. The highest BCUT2D eigenvalue weighted by Crippen LogP contribution is 2.18. The highest BCUT2D eigenvalue weighted by Gasteiger charge is 2.18. The average Bonchev–Trinajstić information content (AvgIpc) is 2.64. The van der Waals surface area contributed by atoms with Crippen LogP contribution in [0.4, 0.5) is 5.69 Å². The minimum absolute atomic E-state index is 0.131. The van der Waals surface area contributed by atoms with Crippen LogP contribution in [0, 0.1) is 19.8 Å². The van der Waals surface area contributed by atoms with Gasteiger partial charge in [0.15, 0.2) is 0 Å². The second-order valence-electron chi connectivity index (χ2n) is 5.34. The van der Waals surface area contributed by atoms with E-state index in [0.717, 1.165) is 17.1 Å². The summed E-state index contributed by atoms with van der Waals surface area (Å²) in [5.74, 6) is -0.676. The maximum Gasteiger partial charge on any atom is 0.309 e. The Morgan fingerprint density at radius 2 is 2.05 bits per heavy atom. The van der Waals surface area contributed by atoms with E-state index in [4.69, 9.17) is 0 Å². The standard InChI is InChI=1S/C14H24N4O3/c1-9(14(20)21-6)7-17(4)8-12(19)15-13-10(2)16-18(5)11(13)3/h9H,7-8H2,1-6H3,(H,15,19). The van der Waals surface area contributed by atoms with Gasteiger partial charge in [-0.1, -0.05) is 6.92 Å². The number of aryl methyl sites for hydroxylation is 2. The minimum atomic E-state index is -0.277. The molecule has 7 heteroatoms. The molecule has 1 aromatic rings. The zero-order valence-electron chi connectivity index (χ0n) is 13.6. The molecule has 0 aromatic carbocycles. The molecular formula is C14H24N4O3. The van der Waals surface area contributed by atoms with Crippen molar-refractivity contribution >= 4 is 17.6 Å². The molecule has 1 heterocycles. The van der Waals surface area contributed by atoms with Gasteiger partial charge in [0.2, 0.25) is 5.91 Å². The van der Waals surface area contributed by atoms with E-state index in [-0.39, 0.29) is 24.3 Å². The van der Waals surface area contributed by atoms with Crippen molar-refractivity contribution in [2.75, 3.05) is 32.6 Å². The van der Waals surface area contributed by atoms with Gasteiger partial charge in [0, 0.05) is 13.6 Å². The summed E-state index contributed by atoms with van der Waals surface area (Å²) < 4.78 is 6.40. The van der Waals surface area contributed by atoms with Gasteiger partial charge in [-0.2, -0.15) is 5.10 Å². The third-order valence-corrected chi connectivity index (χ3v) is 3.38. The molecule has 1 amide bonds. The Hall–Kier alpha value is -1.89. The number of ether oxygens (including phenoxy) is 1. The maximum atomic E-state index is 12.1. The molecule has 0 saturated carbocycles. The van der Waals surface area contributed by atoms with Crippen molar-refractivity contribution in [1.82, 2.24) is 14.7 Å². The fourth-order valence-corrected chi connectivity index (χ4v) is 2.19. The Kier molecular flexibility index (Phi) is 5.90. The number of carbonyl (C=O) groups excluding carboxylic acids is 2. The summed E-state index contributed by atoms with van der Waals surface area (Å²) in [6.07, 6.45) is 0. The second-order valence-corrected chi connectivity index (χ2v) is 5.34. The lowest BCUT2D eigenvalue weighted by atomic mass is 10.2. The summed E-state index contributed by atoms with van der Waals surface area (Å²) in [7, 11) is 4.99. The zero-order chi connectivity index (χ0) is 16.2. The maximum absolute atomic E-state index is 12.1. The van der Waals surface area contributed by atoms with Crippen LogP contribution in [0.25, 0.3) is 0 Å². The summed E-state index contributed by atoms with van der Waals surface area (Å²) in [6.45, 7) is 6.19. The van der Waals surface area contributed by atoms with Crippen LogP contribution in [-0.4, -0.2) is 53.8 Å². The van der Waals surface area contributed by atoms with E-state index in [1.807, 2.05) is 20.9 Å². The fraction of sp³-hybridized carbons (Fsp3) is 0.643. The van der Waals surface area contributed by atoms with Gasteiger partial charge in [0.1, 0.15) is 0 Å². The normalized spacial score (nSPS) is 12.3. The van der Waals surface area contributed by atoms with Gasteiger partial charge in [-0.3, -0.25) is 19.2 Å². The van der Waals surface area contributed by atoms with Crippen molar-refractivity contribution in [3.05, 3.63) is 11.4 Å². The van der Waals surface area contributed by atoms with Crippen LogP contribution in [0.3, 0.4) is 0 Å². The van der Waals surface area contributed by atoms with Crippen LogP contribution in [0.5, 0.6) is 0 Å². The van der Waals surface area contributed by atoms with E-state index >= 15 is 0 Å². The largest absolute Gasteiger partial charge is 0.469 e. The predicted octanol–water partition coefficient (Wildman–Crippen LogP) is 0.716. The zero-order valence-corrected chi connectivity index (χ0v) is 13.6. The number of carbonyl (C=O) groups is 2. The molecule has 0 bridgehead atoms. The highest BCUT2D eigenvalue weighted by molar-refractivity contribution is 5.93. The van der Waals surface area contributed by atoms with Crippen molar-refractivity contribution < 1.29 is 14.3 Å². The average molecular weight is 296 g/mol. The van der Waals surface area contributed by atoms with Crippen molar-refractivity contribution in [3.63, 3.8) is 0 Å². The second kappa shape index (κ2) is 7.21. The first-order valence-corrected chi connectivity index (χ1v) is 6.82. The van der Waals surface area contributed by atoms with Crippen molar-refractivity contribution in [2.45, 2.75) is 20.8 Å². The molecule has 1 N–H and O–H groups in total. The Morgan fingerprint density at radius 3 is 2.52 bits per heavy atom. The predicted molar refractivity (Wildman–Crippen MR) is 80.0 cm³/mol. The highest BCUT2D eigenvalue weighted by atomic mass is 16.5. The summed E-state index contributed by atoms with van der Waals surface area (Å²) in [4.78, 5) is 25.2. The van der Waals surface area contributed by atoms with Crippen LogP contribution in [0.15, 0.2) is 0 Å². The molecule has 0 spiro atoms. The van der Waals surface area contributed by atoms with Crippen LogP contribution in [0.2, 0.25) is 0 Å². The first kappa shape index (κ1) is 17.2. The Morgan fingerprint density at radius 1 is 1.43 bits per heavy atom. The van der Waals surface area contributed by atoms with Crippen molar-refractivity contribution in [3.8, 4) is 0 Å². The quantitative estimate of drug-likeness (QED) is 0.783. The van der Waals surface area contributed by atoms with Crippen LogP contribution in [-0.2, 0) is 21.4 Å². The fourth-order valence-electron chi connectivity index (χ4n) is 2.19. The molecule has 1 rings (SSSR count). The molecule has 0 fully saturated rings. The number of nitrogens with zero attached hydrogens (tertiary/aromatic N) is 3. The van der Waals surface area contributed by atoms with E-state index in [1.165, 1.54) is 7.11 Å². The molecule has 0 aliphatic carbocycles. The summed E-state index contributed by atoms with van der Waals surface area (Å²) in [5, 5.41) is 7.12. The Labute approximate surface area is 125 Å². The molecule has 21 heavy (non-hydrogen) atoms. The number of amides is 1. The third-order valence-electron chi connectivity index (χ3n) is 3.38. The molecule has 118 valence electrons. The SMILES string of the molecule is COC(=O)C(C)CN(C)CC(=O)Nc1c(C)nn(C)c1C. The van der Waals surface area contributed by atoms with Crippen molar-refractivity contribution in [1.29, 1.82) is 0 Å². The monoisotopic (exact) mass is 296 g/mol. The molecular weight excluding hydrogens is 272 g/mol. The van der Waals surface area contributed by atoms with Crippen LogP contribution >= 0.6 is 0 Å². The molecule has 0 aliphatic heterocycles. The van der Waals surface area contributed by atoms with E-state index in [2.05, 4.69) is 15.2 Å². The molecule has 0 radical (unpaired) electrons. The van der Waals surface area contributed by atoms with Gasteiger partial charge in [0.05, 0.1) is 36.6 Å². The van der Waals surface area contributed by atoms with E-state index < -0.39 is 0 Å². The van der Waals surface area contributed by atoms with Gasteiger partial charge in [-0.25, -0.2) is 0 Å². The number of nitrogens with one attached hydrogen (secondary N) is 1. The lowest BCUT2D eigenvalue weighted by molar-refractivity contribution is -0.145. The van der Waals surface area contributed by atoms with Gasteiger partial charge in [-0.15, -0.1) is 0 Å². The smallest absolute Gasteiger partial charge is 0.309 e. The molecule has 1 unspecified atom stereocenters. The molecule has 1 aromatic heterocycles. The number of hydrogen-bond donors (Lipinski definition) is 1.